The summed E-state index contributed by atoms with van der Waals surface area (Å²) in [5, 5.41) is 10.2. The van der Waals surface area contributed by atoms with Crippen molar-refractivity contribution in [3.05, 3.63) is 21.9 Å². The number of piperidine rings is 1. The smallest absolute Gasteiger partial charge is 0.364 e. The first-order valence-electron chi connectivity index (χ1n) is 6.89. The number of halogens is 5. The van der Waals surface area contributed by atoms with Crippen molar-refractivity contribution >= 4 is 45.7 Å². The van der Waals surface area contributed by atoms with Crippen molar-refractivity contribution in [3.8, 4) is 0 Å². The van der Waals surface area contributed by atoms with Crippen molar-refractivity contribution in [3.63, 3.8) is 0 Å². The quantitative estimate of drug-likeness (QED) is 0.417. The summed E-state index contributed by atoms with van der Waals surface area (Å²) in [6.45, 7) is 0.958. The number of hydrogen-bond donors (Lipinski definition) is 2. The van der Waals surface area contributed by atoms with Gasteiger partial charge in [-0.1, -0.05) is 6.07 Å². The first kappa shape index (κ1) is 17.1. The highest BCUT2D eigenvalue weighted by molar-refractivity contribution is 14.1. The molecule has 0 unspecified atom stereocenters. The number of nitrogens with zero attached hydrogens (tertiary/aromatic N) is 2. The average Bonchev–Trinajstić information content (AvgIpc) is 2.77. The first-order valence-corrected chi connectivity index (χ1v) is 8.79. The van der Waals surface area contributed by atoms with E-state index in [9.17, 15) is 17.6 Å². The van der Waals surface area contributed by atoms with E-state index in [1.54, 1.807) is 40.8 Å². The number of rotatable bonds is 3. The third kappa shape index (κ3) is 3.85. The molecule has 1 aliphatic rings. The highest BCUT2D eigenvalue weighted by atomic mass is 127. The third-order valence-electron chi connectivity index (χ3n) is 3.53. The number of aromatic nitrogens is 2. The van der Waals surface area contributed by atoms with Gasteiger partial charge in [0.1, 0.15) is 15.7 Å². The highest BCUT2D eigenvalue weighted by Gasteiger charge is 2.33. The molecule has 0 bridgehead atoms. The van der Waals surface area contributed by atoms with Crippen molar-refractivity contribution in [2.24, 2.45) is 0 Å². The minimum Gasteiger partial charge on any atom is -0.364 e. The Morgan fingerprint density at radius 3 is 2.87 bits per heavy atom. The number of alkyl halides is 4. The number of hydrogen-bond acceptors (Lipinski definition) is 4. The molecule has 3 rings (SSSR count). The number of nitrogens with one attached hydrogen (secondary N) is 2. The summed E-state index contributed by atoms with van der Waals surface area (Å²) in [5.41, 5.74) is -4.03. The molecule has 3 heterocycles. The van der Waals surface area contributed by atoms with E-state index >= 15 is 0 Å². The van der Waals surface area contributed by atoms with Gasteiger partial charge in [0, 0.05) is 6.54 Å². The number of anilines is 1. The van der Waals surface area contributed by atoms with Gasteiger partial charge in [0.05, 0.1) is 16.5 Å². The van der Waals surface area contributed by atoms with Crippen LogP contribution in [0.25, 0.3) is 5.52 Å². The Morgan fingerprint density at radius 1 is 1.39 bits per heavy atom. The largest absolute Gasteiger partial charge is 0.446 e. The second-order valence-electron chi connectivity index (χ2n) is 5.14. The molecule has 1 fully saturated rings. The monoisotopic (exact) mass is 460 g/mol. The molecule has 2 aromatic rings. The van der Waals surface area contributed by atoms with Crippen molar-refractivity contribution < 1.29 is 17.6 Å². The molecule has 10 heteroatoms. The van der Waals surface area contributed by atoms with E-state index < -0.39 is 11.7 Å². The van der Waals surface area contributed by atoms with Crippen LogP contribution < -0.4 is 10.6 Å². The maximum Gasteiger partial charge on any atom is 0.446 e. The molecule has 23 heavy (non-hydrogen) atoms. The maximum atomic E-state index is 13.9. The summed E-state index contributed by atoms with van der Waals surface area (Å²) < 4.78 is 53.7. The standard InChI is InChI=1S/C13H13F4IN4S/c14-7-6-19-5-4-8(7)20-10-3-1-2-9-11(23-13(15,16)17)12(18)21-22(9)10/h1-3,7-8,19-20H,4-6H2/t7-,8+/m0/s1. The Kier molecular flexibility index (Phi) is 4.93. The van der Waals surface area contributed by atoms with Crippen LogP contribution in [0.3, 0.4) is 0 Å². The summed E-state index contributed by atoms with van der Waals surface area (Å²) in [4.78, 5) is 0.0591. The van der Waals surface area contributed by atoms with Crippen LogP contribution in [-0.4, -0.2) is 40.4 Å². The van der Waals surface area contributed by atoms with Gasteiger partial charge in [-0.3, -0.25) is 0 Å². The molecule has 2 aromatic heterocycles. The van der Waals surface area contributed by atoms with Crippen molar-refractivity contribution in [2.45, 2.75) is 29.0 Å². The molecule has 4 nitrogen and oxygen atoms in total. The molecule has 0 aromatic carbocycles. The minimum absolute atomic E-state index is 0.0591. The molecule has 2 atom stereocenters. The van der Waals surface area contributed by atoms with Crippen LogP contribution in [0, 0.1) is 3.70 Å². The number of thioether (sulfide) groups is 1. The van der Waals surface area contributed by atoms with Crippen LogP contribution in [-0.2, 0) is 0 Å². The Hall–Kier alpha value is -0.750. The molecule has 0 radical (unpaired) electrons. The van der Waals surface area contributed by atoms with Gasteiger partial charge in [0.25, 0.3) is 0 Å². The predicted octanol–water partition coefficient (Wildman–Crippen LogP) is 3.66. The molecule has 1 aliphatic heterocycles. The fourth-order valence-electron chi connectivity index (χ4n) is 2.51. The van der Waals surface area contributed by atoms with E-state index in [2.05, 4.69) is 15.7 Å². The van der Waals surface area contributed by atoms with Crippen LogP contribution in [0.4, 0.5) is 23.4 Å². The van der Waals surface area contributed by atoms with Gasteiger partial charge in [-0.15, -0.1) is 0 Å². The van der Waals surface area contributed by atoms with Gasteiger partial charge in [0.2, 0.25) is 0 Å². The van der Waals surface area contributed by atoms with Gasteiger partial charge in [-0.2, -0.15) is 18.3 Å². The molecular weight excluding hydrogens is 447 g/mol. The van der Waals surface area contributed by atoms with E-state index in [0.717, 1.165) is 0 Å². The Balaban J connectivity index is 1.94. The molecule has 126 valence electrons. The zero-order chi connectivity index (χ0) is 16.6. The second-order valence-corrected chi connectivity index (χ2v) is 7.23. The van der Waals surface area contributed by atoms with Crippen LogP contribution >= 0.6 is 34.4 Å². The first-order chi connectivity index (χ1) is 10.8. The van der Waals surface area contributed by atoms with Gasteiger partial charge in [0.15, 0.2) is 0 Å². The molecule has 1 saturated heterocycles. The minimum atomic E-state index is -4.38. The second kappa shape index (κ2) is 6.63. The lowest BCUT2D eigenvalue weighted by atomic mass is 10.1. The lowest BCUT2D eigenvalue weighted by Gasteiger charge is -2.28. The van der Waals surface area contributed by atoms with Gasteiger partial charge in [-0.25, -0.2) is 8.91 Å². The third-order valence-corrected chi connectivity index (χ3v) is 5.49. The maximum absolute atomic E-state index is 13.9. The van der Waals surface area contributed by atoms with Crippen LogP contribution in [0.2, 0.25) is 0 Å². The lowest BCUT2D eigenvalue weighted by Crippen LogP contribution is -2.45. The van der Waals surface area contributed by atoms with Crippen molar-refractivity contribution in [1.29, 1.82) is 0 Å². The Bertz CT molecular complexity index is 705. The zero-order valence-electron chi connectivity index (χ0n) is 11.7. The summed E-state index contributed by atoms with van der Waals surface area (Å²) in [5.74, 6) is 0.490. The van der Waals surface area contributed by atoms with Gasteiger partial charge >= 0.3 is 5.51 Å². The van der Waals surface area contributed by atoms with Crippen molar-refractivity contribution in [2.75, 3.05) is 18.4 Å². The fourth-order valence-corrected chi connectivity index (χ4v) is 3.95. The van der Waals surface area contributed by atoms with Crippen LogP contribution in [0.1, 0.15) is 6.42 Å². The summed E-state index contributed by atoms with van der Waals surface area (Å²) in [6, 6.07) is 4.52. The molecular formula is C13H13F4IN4S. The van der Waals surface area contributed by atoms with E-state index in [1.165, 1.54) is 4.52 Å². The summed E-state index contributed by atoms with van der Waals surface area (Å²) in [7, 11) is 0. The van der Waals surface area contributed by atoms with Crippen molar-refractivity contribution in [1.82, 2.24) is 14.9 Å². The highest BCUT2D eigenvalue weighted by Crippen LogP contribution is 2.41. The normalized spacial score (nSPS) is 22.5. The fraction of sp³-hybridized carbons (Fsp3) is 0.462. The molecule has 2 N–H and O–H groups in total. The SMILES string of the molecule is F[C@H]1CNCC[C@H]1Nc1cccc2c(SC(F)(F)F)c(I)nn12. The van der Waals surface area contributed by atoms with E-state index in [0.29, 0.717) is 24.3 Å². The van der Waals surface area contributed by atoms with E-state index in [-0.39, 0.29) is 32.9 Å². The number of pyridine rings is 1. The molecule has 0 amide bonds. The lowest BCUT2D eigenvalue weighted by molar-refractivity contribution is -0.0328. The van der Waals surface area contributed by atoms with Gasteiger partial charge < -0.3 is 10.6 Å². The topological polar surface area (TPSA) is 41.4 Å². The summed E-state index contributed by atoms with van der Waals surface area (Å²) >= 11 is 1.60. The molecule has 0 aliphatic carbocycles. The Morgan fingerprint density at radius 2 is 2.17 bits per heavy atom. The van der Waals surface area contributed by atoms with Crippen LogP contribution in [0.5, 0.6) is 0 Å². The average molecular weight is 460 g/mol. The summed E-state index contributed by atoms with van der Waals surface area (Å²) in [6.07, 6.45) is -0.460. The Labute approximate surface area is 147 Å². The van der Waals surface area contributed by atoms with Crippen LogP contribution in [0.15, 0.2) is 23.1 Å². The predicted molar refractivity (Wildman–Crippen MR) is 89.6 cm³/mol. The molecule has 0 saturated carbocycles. The van der Waals surface area contributed by atoms with E-state index in [4.69, 9.17) is 0 Å². The zero-order valence-corrected chi connectivity index (χ0v) is 14.7. The molecule has 0 spiro atoms. The van der Waals surface area contributed by atoms with Gasteiger partial charge in [-0.05, 0) is 59.5 Å². The van der Waals surface area contributed by atoms with E-state index in [1.807, 2.05) is 0 Å². The number of fused-ring (bicyclic) bond motifs is 1.